The monoisotopic (exact) mass is 228 g/mol. The maximum Gasteiger partial charge on any atom is 1.00 e. The van der Waals surface area contributed by atoms with Gasteiger partial charge in [0, 0.05) is 0 Å². The maximum absolute atomic E-state index is 9.73. The minimum atomic E-state index is -0.619. The SMILES string of the molecule is CC(=O)[I-]Cl.[Na+]. The first-order valence-corrected chi connectivity index (χ1v) is 4.85. The van der Waals surface area contributed by atoms with Crippen LogP contribution in [0, 0.1) is 0 Å². The van der Waals surface area contributed by atoms with E-state index in [2.05, 4.69) is 0 Å². The average Bonchev–Trinajstić information content (AvgIpc) is 1.38. The Kier molecular flexibility index (Phi) is 11.9. The van der Waals surface area contributed by atoms with Crippen LogP contribution in [0.4, 0.5) is 0 Å². The Balaban J connectivity index is 0. The van der Waals surface area contributed by atoms with Crippen molar-refractivity contribution in [1.29, 1.82) is 0 Å². The molecule has 0 aromatic heterocycles. The van der Waals surface area contributed by atoms with Crippen LogP contribution in [0.5, 0.6) is 0 Å². The predicted molar refractivity (Wildman–Crippen MR) is 16.5 cm³/mol. The molecule has 0 spiro atoms. The minimum absolute atomic E-state index is 0. The molecule has 4 heteroatoms. The quantitative estimate of drug-likeness (QED) is 0.249. The van der Waals surface area contributed by atoms with Crippen molar-refractivity contribution in [3.63, 3.8) is 0 Å². The van der Waals surface area contributed by atoms with Gasteiger partial charge in [-0.1, -0.05) is 0 Å². The molecular weight excluding hydrogens is 225 g/mol. The molecule has 6 heavy (non-hydrogen) atoms. The van der Waals surface area contributed by atoms with Gasteiger partial charge in [-0.05, 0) is 0 Å². The topological polar surface area (TPSA) is 17.1 Å². The van der Waals surface area contributed by atoms with E-state index in [0.29, 0.717) is 0 Å². The fraction of sp³-hybridized carbons (Fsp3) is 0.500. The van der Waals surface area contributed by atoms with Gasteiger partial charge >= 0.3 is 74.1 Å². The standard InChI is InChI=1S/C2H3ClIO.Na/c1-2(5)4-3;/h1H3;/q-1;+1. The van der Waals surface area contributed by atoms with Crippen LogP contribution in [-0.2, 0) is 4.79 Å². The molecule has 0 unspecified atom stereocenters. The van der Waals surface area contributed by atoms with Gasteiger partial charge in [-0.15, -0.1) is 0 Å². The van der Waals surface area contributed by atoms with Gasteiger partial charge in [-0.3, -0.25) is 0 Å². The zero-order valence-corrected chi connectivity index (χ0v) is 8.58. The largest absolute Gasteiger partial charge is 1.00 e. The molecule has 0 radical (unpaired) electrons. The molecule has 0 amide bonds. The Labute approximate surface area is 73.1 Å². The Morgan fingerprint density at radius 3 is 2.00 bits per heavy atom. The summed E-state index contributed by atoms with van der Waals surface area (Å²) in [5, 5.41) is 0. The maximum atomic E-state index is 9.73. The summed E-state index contributed by atoms with van der Waals surface area (Å²) in [6.45, 7) is 1.50. The summed E-state index contributed by atoms with van der Waals surface area (Å²) in [5.74, 6) is 0. The summed E-state index contributed by atoms with van der Waals surface area (Å²) in [6, 6.07) is 0. The van der Waals surface area contributed by atoms with E-state index in [1.165, 1.54) is 6.92 Å². The summed E-state index contributed by atoms with van der Waals surface area (Å²) in [5.41, 5.74) is 0. The van der Waals surface area contributed by atoms with Gasteiger partial charge in [0.05, 0.1) is 0 Å². The normalized spacial score (nSPS) is 7.00. The molecule has 0 aromatic carbocycles. The van der Waals surface area contributed by atoms with Crippen LogP contribution in [0.25, 0.3) is 0 Å². The van der Waals surface area contributed by atoms with Crippen molar-refractivity contribution < 1.29 is 54.4 Å². The van der Waals surface area contributed by atoms with Gasteiger partial charge in [0.1, 0.15) is 0 Å². The van der Waals surface area contributed by atoms with Crippen LogP contribution in [-0.4, -0.2) is 3.79 Å². The van der Waals surface area contributed by atoms with Gasteiger partial charge in [-0.25, -0.2) is 0 Å². The molecule has 0 bridgehead atoms. The number of rotatable bonds is 1. The fourth-order valence-electron chi connectivity index (χ4n) is 0. The first-order valence-electron chi connectivity index (χ1n) is 1.04. The number of carbonyl (C=O) groups is 1. The molecule has 0 atom stereocenters. The summed E-state index contributed by atoms with van der Waals surface area (Å²) in [6.07, 6.45) is 0. The second-order valence-electron chi connectivity index (χ2n) is 0.542. The van der Waals surface area contributed by atoms with Crippen LogP contribution >= 0.6 is 8.91 Å². The molecule has 0 aromatic rings. The van der Waals surface area contributed by atoms with Crippen molar-refractivity contribution in [2.45, 2.75) is 6.92 Å². The van der Waals surface area contributed by atoms with Gasteiger partial charge in [0.25, 0.3) is 0 Å². The number of hydrogen-bond donors (Lipinski definition) is 0. The van der Waals surface area contributed by atoms with E-state index < -0.39 is 20.1 Å². The Morgan fingerprint density at radius 2 is 2.00 bits per heavy atom. The van der Waals surface area contributed by atoms with E-state index in [1.807, 2.05) is 0 Å². The second kappa shape index (κ2) is 6.69. The molecular formula is C2H3ClINaO. The van der Waals surface area contributed by atoms with Crippen molar-refractivity contribution in [2.75, 3.05) is 0 Å². The van der Waals surface area contributed by atoms with Gasteiger partial charge < -0.3 is 0 Å². The van der Waals surface area contributed by atoms with Gasteiger partial charge in [-0.2, -0.15) is 0 Å². The molecule has 0 saturated heterocycles. The fourth-order valence-corrected chi connectivity index (χ4v) is 0. The smallest absolute Gasteiger partial charge is 1.00 e. The van der Waals surface area contributed by atoms with Gasteiger partial charge in [0.2, 0.25) is 0 Å². The number of carbonyl (C=O) groups excluding carboxylic acids is 1. The summed E-state index contributed by atoms with van der Waals surface area (Å²) >= 11 is -0.619. The Bertz CT molecular complexity index is 48.8. The zero-order chi connectivity index (χ0) is 4.28. The third kappa shape index (κ3) is 9.19. The third-order valence-electron chi connectivity index (χ3n) is 0.101. The molecule has 32 valence electrons. The van der Waals surface area contributed by atoms with Crippen molar-refractivity contribution >= 4 is 12.7 Å². The second-order valence-corrected chi connectivity index (χ2v) is 3.43. The minimum Gasteiger partial charge on any atom is 1.00 e. The van der Waals surface area contributed by atoms with Crippen molar-refractivity contribution in [1.82, 2.24) is 0 Å². The Morgan fingerprint density at radius 1 is 1.83 bits per heavy atom. The van der Waals surface area contributed by atoms with E-state index in [4.69, 9.17) is 8.91 Å². The van der Waals surface area contributed by atoms with Crippen molar-refractivity contribution in [2.24, 2.45) is 0 Å². The van der Waals surface area contributed by atoms with Gasteiger partial charge in [0.15, 0.2) is 0 Å². The molecule has 1 nitrogen and oxygen atoms in total. The molecule has 0 aliphatic rings. The van der Waals surface area contributed by atoms with Crippen LogP contribution < -0.4 is 49.6 Å². The zero-order valence-electron chi connectivity index (χ0n) is 3.66. The van der Waals surface area contributed by atoms with Crippen molar-refractivity contribution in [3.8, 4) is 0 Å². The first kappa shape index (κ1) is 10.6. The van der Waals surface area contributed by atoms with E-state index in [9.17, 15) is 4.79 Å². The average molecular weight is 228 g/mol. The van der Waals surface area contributed by atoms with Crippen LogP contribution in [0.2, 0.25) is 0 Å². The van der Waals surface area contributed by atoms with E-state index in [0.717, 1.165) is 0 Å². The molecule has 0 saturated carbocycles. The van der Waals surface area contributed by atoms with Crippen LogP contribution in [0.15, 0.2) is 0 Å². The summed E-state index contributed by atoms with van der Waals surface area (Å²) < 4.78 is 0.130. The predicted octanol–water partition coefficient (Wildman–Crippen LogP) is -5.22. The van der Waals surface area contributed by atoms with Crippen LogP contribution in [0.3, 0.4) is 0 Å². The summed E-state index contributed by atoms with van der Waals surface area (Å²) in [7, 11) is 5.10. The van der Waals surface area contributed by atoms with Crippen molar-refractivity contribution in [3.05, 3.63) is 0 Å². The molecule has 0 fully saturated rings. The molecule has 0 N–H and O–H groups in total. The first-order chi connectivity index (χ1) is 2.27. The number of hydrogen-bond acceptors (Lipinski definition) is 1. The van der Waals surface area contributed by atoms with Crippen LogP contribution in [0.1, 0.15) is 6.92 Å². The molecule has 0 aliphatic carbocycles. The Hall–Kier alpha value is 1.69. The summed E-state index contributed by atoms with van der Waals surface area (Å²) in [4.78, 5) is 9.73. The molecule has 0 rings (SSSR count). The van der Waals surface area contributed by atoms with E-state index in [-0.39, 0.29) is 33.3 Å². The molecule has 0 heterocycles. The molecule has 0 aliphatic heterocycles. The van der Waals surface area contributed by atoms with E-state index in [1.54, 1.807) is 0 Å². The number of halogens is 2. The third-order valence-corrected chi connectivity index (χ3v) is 2.02. The van der Waals surface area contributed by atoms with E-state index >= 15 is 0 Å².